The number of aromatic nitrogens is 3. The third-order valence-corrected chi connectivity index (χ3v) is 7.24. The number of benzene rings is 2. The molecule has 0 bridgehead atoms. The lowest BCUT2D eigenvalue weighted by Gasteiger charge is -2.42. The Bertz CT molecular complexity index is 1390. The molecule has 0 aliphatic heterocycles. The average Bonchev–Trinajstić information content (AvgIpc) is 3.22. The van der Waals surface area contributed by atoms with Crippen LogP contribution in [0.4, 0.5) is 4.79 Å². The van der Waals surface area contributed by atoms with E-state index in [1.807, 2.05) is 29.9 Å². The van der Waals surface area contributed by atoms with Gasteiger partial charge in [-0.05, 0) is 54.9 Å². The molecule has 2 aromatic heterocycles. The standard InChI is InChI=1S/C28H26N4O2/c1-32-17-20-10-13-24-23(26(20)31-32)16-22(18-6-3-2-4-7-18)25(29-24)19-8-11-21(12-9-19)28(14-5-15-28)30-27(33)34/h2-4,6-9,11-12,16-17,30H,5,10,13-15H2,1H3,(H,33,34). The van der Waals surface area contributed by atoms with Gasteiger partial charge in [-0.1, -0.05) is 54.6 Å². The molecule has 2 aliphatic rings. The van der Waals surface area contributed by atoms with Crippen LogP contribution in [-0.2, 0) is 25.4 Å². The number of pyridine rings is 1. The van der Waals surface area contributed by atoms with Crippen molar-refractivity contribution in [1.82, 2.24) is 20.1 Å². The molecule has 0 unspecified atom stereocenters. The Morgan fingerprint density at radius 3 is 2.41 bits per heavy atom. The molecule has 2 aromatic carbocycles. The Hall–Kier alpha value is -3.93. The maximum Gasteiger partial charge on any atom is 0.405 e. The Morgan fingerprint density at radius 1 is 0.971 bits per heavy atom. The molecule has 6 nitrogen and oxygen atoms in total. The predicted molar refractivity (Wildman–Crippen MR) is 131 cm³/mol. The number of amides is 1. The predicted octanol–water partition coefficient (Wildman–Crippen LogP) is 5.56. The number of fused-ring (bicyclic) bond motifs is 3. The number of hydrogen-bond donors (Lipinski definition) is 2. The van der Waals surface area contributed by atoms with Gasteiger partial charge in [0.2, 0.25) is 0 Å². The van der Waals surface area contributed by atoms with Crippen LogP contribution in [0.25, 0.3) is 33.6 Å². The smallest absolute Gasteiger partial charge is 0.405 e. The van der Waals surface area contributed by atoms with Crippen LogP contribution >= 0.6 is 0 Å². The van der Waals surface area contributed by atoms with Crippen molar-refractivity contribution in [2.45, 2.75) is 37.6 Å². The Morgan fingerprint density at radius 2 is 1.74 bits per heavy atom. The molecule has 0 atom stereocenters. The van der Waals surface area contributed by atoms with Crippen LogP contribution in [0.2, 0.25) is 0 Å². The zero-order valence-corrected chi connectivity index (χ0v) is 19.1. The van der Waals surface area contributed by atoms with E-state index in [-0.39, 0.29) is 0 Å². The van der Waals surface area contributed by atoms with Crippen molar-refractivity contribution >= 4 is 6.09 Å². The first kappa shape index (κ1) is 20.7. The van der Waals surface area contributed by atoms with Gasteiger partial charge in [-0.25, -0.2) is 4.79 Å². The highest BCUT2D eigenvalue weighted by atomic mass is 16.4. The summed E-state index contributed by atoms with van der Waals surface area (Å²) in [5, 5.41) is 16.8. The second kappa shape index (κ2) is 7.83. The fourth-order valence-electron chi connectivity index (χ4n) is 5.37. The second-order valence-electron chi connectivity index (χ2n) is 9.36. The summed E-state index contributed by atoms with van der Waals surface area (Å²) in [5.74, 6) is 0. The monoisotopic (exact) mass is 450 g/mol. The third-order valence-electron chi connectivity index (χ3n) is 7.24. The summed E-state index contributed by atoms with van der Waals surface area (Å²) in [6.07, 6.45) is 5.65. The van der Waals surface area contributed by atoms with Crippen molar-refractivity contribution in [2.75, 3.05) is 0 Å². The molecule has 2 aliphatic carbocycles. The molecule has 6 rings (SSSR count). The van der Waals surface area contributed by atoms with Gasteiger partial charge in [0.05, 0.1) is 22.6 Å². The fourth-order valence-corrected chi connectivity index (χ4v) is 5.37. The molecule has 1 saturated carbocycles. The number of rotatable bonds is 4. The topological polar surface area (TPSA) is 80.0 Å². The molecule has 0 saturated heterocycles. The molecule has 34 heavy (non-hydrogen) atoms. The Kier molecular flexibility index (Phi) is 4.76. The summed E-state index contributed by atoms with van der Waals surface area (Å²) < 4.78 is 1.88. The fraction of sp³-hybridized carbons (Fsp3) is 0.250. The van der Waals surface area contributed by atoms with Gasteiger partial charge in [0, 0.05) is 29.9 Å². The van der Waals surface area contributed by atoms with Crippen LogP contribution in [0.15, 0.2) is 66.9 Å². The van der Waals surface area contributed by atoms with E-state index in [1.54, 1.807) is 0 Å². The number of nitrogens with zero attached hydrogens (tertiary/aromatic N) is 3. The summed E-state index contributed by atoms with van der Waals surface area (Å²) in [5.41, 5.74) is 9.20. The molecule has 2 heterocycles. The van der Waals surface area contributed by atoms with E-state index in [1.165, 1.54) is 5.56 Å². The number of carboxylic acid groups (broad SMARTS) is 1. The van der Waals surface area contributed by atoms with Gasteiger partial charge in [-0.15, -0.1) is 0 Å². The molecule has 6 heteroatoms. The van der Waals surface area contributed by atoms with Crippen molar-refractivity contribution < 1.29 is 9.90 Å². The molecule has 2 N–H and O–H groups in total. The number of carbonyl (C=O) groups is 1. The number of hydrogen-bond acceptors (Lipinski definition) is 3. The van der Waals surface area contributed by atoms with E-state index < -0.39 is 11.6 Å². The summed E-state index contributed by atoms with van der Waals surface area (Å²) in [7, 11) is 1.97. The van der Waals surface area contributed by atoms with E-state index in [2.05, 4.69) is 54.0 Å². The van der Waals surface area contributed by atoms with E-state index in [0.717, 1.165) is 77.0 Å². The van der Waals surface area contributed by atoms with Crippen molar-refractivity contribution in [3.63, 3.8) is 0 Å². The van der Waals surface area contributed by atoms with Crippen molar-refractivity contribution in [3.05, 3.63) is 83.7 Å². The van der Waals surface area contributed by atoms with Crippen LogP contribution in [0.1, 0.15) is 36.1 Å². The van der Waals surface area contributed by atoms with Gasteiger partial charge >= 0.3 is 6.09 Å². The van der Waals surface area contributed by atoms with Crippen LogP contribution in [0.5, 0.6) is 0 Å². The number of aryl methyl sites for hydroxylation is 3. The van der Waals surface area contributed by atoms with Gasteiger partial charge < -0.3 is 10.4 Å². The normalized spacial score (nSPS) is 15.7. The zero-order chi connectivity index (χ0) is 23.3. The lowest BCUT2D eigenvalue weighted by molar-refractivity contribution is 0.144. The summed E-state index contributed by atoms with van der Waals surface area (Å²) in [6, 6.07) is 20.9. The van der Waals surface area contributed by atoms with Crippen molar-refractivity contribution in [2.24, 2.45) is 7.05 Å². The summed E-state index contributed by atoms with van der Waals surface area (Å²) in [6.45, 7) is 0. The molecule has 1 amide bonds. The minimum Gasteiger partial charge on any atom is -0.465 e. The minimum atomic E-state index is -0.972. The van der Waals surface area contributed by atoms with E-state index in [9.17, 15) is 9.90 Å². The van der Waals surface area contributed by atoms with Crippen LogP contribution < -0.4 is 5.32 Å². The van der Waals surface area contributed by atoms with Crippen molar-refractivity contribution in [3.8, 4) is 33.6 Å². The van der Waals surface area contributed by atoms with Crippen LogP contribution in [0, 0.1) is 0 Å². The van der Waals surface area contributed by atoms with Gasteiger partial charge in [0.1, 0.15) is 0 Å². The van der Waals surface area contributed by atoms with Gasteiger partial charge in [-0.3, -0.25) is 9.67 Å². The molecular weight excluding hydrogens is 424 g/mol. The first-order valence-electron chi connectivity index (χ1n) is 11.8. The first-order valence-corrected chi connectivity index (χ1v) is 11.8. The minimum absolute atomic E-state index is 0.467. The highest BCUT2D eigenvalue weighted by Gasteiger charge is 2.40. The van der Waals surface area contributed by atoms with Crippen molar-refractivity contribution in [1.29, 1.82) is 0 Å². The largest absolute Gasteiger partial charge is 0.465 e. The SMILES string of the molecule is Cn1cc2c(n1)-c1cc(-c3ccccc3)c(-c3ccc(C4(NC(=O)O)CCC4)cc3)nc1CC2. The molecule has 4 aromatic rings. The third kappa shape index (κ3) is 3.37. The van der Waals surface area contributed by atoms with E-state index in [0.29, 0.717) is 0 Å². The van der Waals surface area contributed by atoms with Crippen LogP contribution in [-0.4, -0.2) is 26.0 Å². The maximum atomic E-state index is 11.4. The maximum absolute atomic E-state index is 11.4. The lowest BCUT2D eigenvalue weighted by Crippen LogP contribution is -2.50. The summed E-state index contributed by atoms with van der Waals surface area (Å²) >= 11 is 0. The van der Waals surface area contributed by atoms with Gasteiger partial charge in [-0.2, -0.15) is 5.10 Å². The number of nitrogens with one attached hydrogen (secondary N) is 1. The van der Waals surface area contributed by atoms with Gasteiger partial charge in [0.25, 0.3) is 0 Å². The Balaban J connectivity index is 1.47. The lowest BCUT2D eigenvalue weighted by atomic mass is 9.71. The molecule has 1 fully saturated rings. The van der Waals surface area contributed by atoms with Crippen LogP contribution in [0.3, 0.4) is 0 Å². The van der Waals surface area contributed by atoms with Gasteiger partial charge in [0.15, 0.2) is 0 Å². The quantitative estimate of drug-likeness (QED) is 0.426. The Labute approximate surface area is 198 Å². The van der Waals surface area contributed by atoms with E-state index in [4.69, 9.17) is 10.1 Å². The molecular formula is C28H26N4O2. The molecule has 170 valence electrons. The highest BCUT2D eigenvalue weighted by Crippen LogP contribution is 2.43. The second-order valence-corrected chi connectivity index (χ2v) is 9.36. The zero-order valence-electron chi connectivity index (χ0n) is 19.1. The summed E-state index contributed by atoms with van der Waals surface area (Å²) in [4.78, 5) is 16.6. The molecule has 0 spiro atoms. The average molecular weight is 451 g/mol. The highest BCUT2D eigenvalue weighted by molar-refractivity contribution is 5.85. The van der Waals surface area contributed by atoms with E-state index >= 15 is 0 Å². The molecule has 0 radical (unpaired) electrons. The first-order chi connectivity index (χ1) is 16.5.